The molecule has 0 bridgehead atoms. The first-order chi connectivity index (χ1) is 5.83. The smallest absolute Gasteiger partial charge is 0.223 e. The molecule has 0 aromatic heterocycles. The Bertz CT molecular complexity index is 162. The Hall–Kier alpha value is -0.830. The first-order valence-corrected chi connectivity index (χ1v) is 4.41. The van der Waals surface area contributed by atoms with Gasteiger partial charge in [0, 0.05) is 13.0 Å². The van der Waals surface area contributed by atoms with Crippen LogP contribution < -0.4 is 10.6 Å². The average Bonchev–Trinajstić information content (AvgIpc) is 2.53. The first kappa shape index (κ1) is 9.26. The molecule has 2 N–H and O–H groups in total. The maximum atomic E-state index is 11.0. The molecule has 1 fully saturated rings. The molecule has 0 saturated carbocycles. The van der Waals surface area contributed by atoms with Gasteiger partial charge in [-0.05, 0) is 25.4 Å². The van der Waals surface area contributed by atoms with Crippen molar-refractivity contribution in [2.75, 3.05) is 19.6 Å². The Balaban J connectivity index is 2.07. The van der Waals surface area contributed by atoms with Gasteiger partial charge in [-0.25, -0.2) is 0 Å². The largest absolute Gasteiger partial charge is 0.356 e. The molecule has 0 spiro atoms. The van der Waals surface area contributed by atoms with E-state index in [0.29, 0.717) is 12.3 Å². The van der Waals surface area contributed by atoms with Crippen LogP contribution in [0.3, 0.4) is 0 Å². The predicted molar refractivity (Wildman–Crippen MR) is 48.8 cm³/mol. The number of carbonyl (C=O) groups excluding carboxylic acids is 1. The van der Waals surface area contributed by atoms with Gasteiger partial charge in [-0.3, -0.25) is 4.79 Å². The van der Waals surface area contributed by atoms with E-state index >= 15 is 0 Å². The summed E-state index contributed by atoms with van der Waals surface area (Å²) in [6.07, 6.45) is 3.23. The maximum absolute atomic E-state index is 11.0. The van der Waals surface area contributed by atoms with Gasteiger partial charge >= 0.3 is 0 Å². The highest BCUT2D eigenvalue weighted by Crippen LogP contribution is 2.04. The van der Waals surface area contributed by atoms with E-state index in [0.717, 1.165) is 19.6 Å². The number of carbonyl (C=O) groups is 1. The fourth-order valence-corrected chi connectivity index (χ4v) is 1.35. The topological polar surface area (TPSA) is 41.1 Å². The van der Waals surface area contributed by atoms with Gasteiger partial charge in [0.05, 0.1) is 0 Å². The SMILES string of the molecule is C=CCC(=O)NCC1CCNC1. The molecular formula is C9H16N2O. The van der Waals surface area contributed by atoms with Gasteiger partial charge in [-0.1, -0.05) is 6.08 Å². The number of rotatable bonds is 4. The summed E-state index contributed by atoms with van der Waals surface area (Å²) < 4.78 is 0. The second kappa shape index (κ2) is 4.93. The first-order valence-electron chi connectivity index (χ1n) is 4.41. The standard InChI is InChI=1S/C9H16N2O/c1-2-3-9(12)11-7-8-4-5-10-6-8/h2,8,10H,1,3-7H2,(H,11,12). The molecule has 1 unspecified atom stereocenters. The van der Waals surface area contributed by atoms with Crippen molar-refractivity contribution in [2.24, 2.45) is 5.92 Å². The lowest BCUT2D eigenvalue weighted by Crippen LogP contribution is -2.29. The van der Waals surface area contributed by atoms with Crippen molar-refractivity contribution >= 4 is 5.91 Å². The van der Waals surface area contributed by atoms with Crippen molar-refractivity contribution in [2.45, 2.75) is 12.8 Å². The minimum absolute atomic E-state index is 0.0805. The molecule has 3 heteroatoms. The number of hydrogen-bond donors (Lipinski definition) is 2. The molecule has 1 aliphatic heterocycles. The van der Waals surface area contributed by atoms with Crippen LogP contribution in [0.4, 0.5) is 0 Å². The van der Waals surface area contributed by atoms with E-state index in [1.165, 1.54) is 6.42 Å². The van der Waals surface area contributed by atoms with E-state index in [1.54, 1.807) is 6.08 Å². The summed E-state index contributed by atoms with van der Waals surface area (Å²) in [7, 11) is 0. The van der Waals surface area contributed by atoms with Crippen LogP contribution >= 0.6 is 0 Å². The number of hydrogen-bond acceptors (Lipinski definition) is 2. The molecule has 68 valence electrons. The molecular weight excluding hydrogens is 152 g/mol. The van der Waals surface area contributed by atoms with Crippen LogP contribution in [0.15, 0.2) is 12.7 Å². The third-order valence-corrected chi connectivity index (χ3v) is 2.08. The van der Waals surface area contributed by atoms with Gasteiger partial charge in [0.1, 0.15) is 0 Å². The van der Waals surface area contributed by atoms with Crippen molar-refractivity contribution < 1.29 is 4.79 Å². The molecule has 12 heavy (non-hydrogen) atoms. The third kappa shape index (κ3) is 3.05. The van der Waals surface area contributed by atoms with Crippen LogP contribution in [0.5, 0.6) is 0 Å². The average molecular weight is 168 g/mol. The van der Waals surface area contributed by atoms with Gasteiger partial charge in [-0.15, -0.1) is 6.58 Å². The third-order valence-electron chi connectivity index (χ3n) is 2.08. The zero-order valence-electron chi connectivity index (χ0n) is 7.31. The lowest BCUT2D eigenvalue weighted by Gasteiger charge is -2.08. The Kier molecular flexibility index (Phi) is 3.80. The van der Waals surface area contributed by atoms with E-state index in [1.807, 2.05) is 0 Å². The molecule has 0 radical (unpaired) electrons. The lowest BCUT2D eigenvalue weighted by molar-refractivity contribution is -0.120. The van der Waals surface area contributed by atoms with E-state index in [2.05, 4.69) is 17.2 Å². The minimum atomic E-state index is 0.0805. The molecule has 0 aromatic carbocycles. The molecule has 1 saturated heterocycles. The highest BCUT2D eigenvalue weighted by atomic mass is 16.1. The summed E-state index contributed by atoms with van der Waals surface area (Å²) in [4.78, 5) is 11.0. The molecule has 1 rings (SSSR count). The highest BCUT2D eigenvalue weighted by molar-refractivity contribution is 5.77. The van der Waals surface area contributed by atoms with Gasteiger partial charge in [0.15, 0.2) is 0 Å². The summed E-state index contributed by atoms with van der Waals surface area (Å²) in [5, 5.41) is 6.13. The van der Waals surface area contributed by atoms with Crippen LogP contribution in [0.1, 0.15) is 12.8 Å². The molecule has 1 atom stereocenters. The molecule has 1 amide bonds. The van der Waals surface area contributed by atoms with E-state index in [-0.39, 0.29) is 5.91 Å². The van der Waals surface area contributed by atoms with E-state index in [9.17, 15) is 4.79 Å². The second-order valence-electron chi connectivity index (χ2n) is 3.16. The van der Waals surface area contributed by atoms with Crippen molar-refractivity contribution in [1.29, 1.82) is 0 Å². The van der Waals surface area contributed by atoms with Crippen molar-refractivity contribution in [3.63, 3.8) is 0 Å². The summed E-state index contributed by atoms with van der Waals surface area (Å²) in [5.74, 6) is 0.704. The monoisotopic (exact) mass is 168 g/mol. The van der Waals surface area contributed by atoms with Crippen LogP contribution in [0, 0.1) is 5.92 Å². The minimum Gasteiger partial charge on any atom is -0.356 e. The van der Waals surface area contributed by atoms with Gasteiger partial charge in [-0.2, -0.15) is 0 Å². The molecule has 0 aromatic rings. The van der Waals surface area contributed by atoms with E-state index in [4.69, 9.17) is 0 Å². The summed E-state index contributed by atoms with van der Waals surface area (Å²) in [6, 6.07) is 0. The normalized spacial score (nSPS) is 22.2. The van der Waals surface area contributed by atoms with Crippen LogP contribution in [0.25, 0.3) is 0 Å². The van der Waals surface area contributed by atoms with Gasteiger partial charge in [0.25, 0.3) is 0 Å². The van der Waals surface area contributed by atoms with Crippen molar-refractivity contribution in [3.8, 4) is 0 Å². The lowest BCUT2D eigenvalue weighted by atomic mass is 10.1. The Morgan fingerprint density at radius 2 is 2.58 bits per heavy atom. The predicted octanol–water partition coefficient (Wildman–Crippen LogP) is 0.288. The van der Waals surface area contributed by atoms with Gasteiger partial charge < -0.3 is 10.6 Å². The van der Waals surface area contributed by atoms with Crippen LogP contribution in [-0.4, -0.2) is 25.5 Å². The Morgan fingerprint density at radius 3 is 3.17 bits per heavy atom. The Labute approximate surface area is 73.2 Å². The molecule has 0 aliphatic carbocycles. The molecule has 3 nitrogen and oxygen atoms in total. The summed E-state index contributed by atoms with van der Waals surface area (Å²) in [5.41, 5.74) is 0. The zero-order chi connectivity index (χ0) is 8.81. The van der Waals surface area contributed by atoms with E-state index < -0.39 is 0 Å². The van der Waals surface area contributed by atoms with Crippen molar-refractivity contribution in [3.05, 3.63) is 12.7 Å². The summed E-state index contributed by atoms with van der Waals surface area (Å²) in [6.45, 7) is 6.43. The fraction of sp³-hybridized carbons (Fsp3) is 0.667. The highest BCUT2D eigenvalue weighted by Gasteiger charge is 2.14. The quantitative estimate of drug-likeness (QED) is 0.592. The maximum Gasteiger partial charge on any atom is 0.223 e. The van der Waals surface area contributed by atoms with Gasteiger partial charge in [0.2, 0.25) is 5.91 Å². The fourth-order valence-electron chi connectivity index (χ4n) is 1.35. The number of amides is 1. The van der Waals surface area contributed by atoms with Crippen LogP contribution in [-0.2, 0) is 4.79 Å². The zero-order valence-corrected chi connectivity index (χ0v) is 7.31. The van der Waals surface area contributed by atoms with Crippen LogP contribution in [0.2, 0.25) is 0 Å². The molecule has 1 heterocycles. The summed E-state index contributed by atoms with van der Waals surface area (Å²) >= 11 is 0. The Morgan fingerprint density at radius 1 is 1.75 bits per heavy atom. The number of nitrogens with one attached hydrogen (secondary N) is 2. The second-order valence-corrected chi connectivity index (χ2v) is 3.16. The van der Waals surface area contributed by atoms with Crippen molar-refractivity contribution in [1.82, 2.24) is 10.6 Å². The molecule has 1 aliphatic rings.